The number of nitrogens with zero attached hydrogens (tertiary/aromatic N) is 3. The fraction of sp³-hybridized carbons (Fsp3) is 0.0408. The van der Waals surface area contributed by atoms with Gasteiger partial charge in [-0.2, -0.15) is 0 Å². The highest BCUT2D eigenvalue weighted by Gasteiger charge is 2.40. The molecule has 0 amide bonds. The third kappa shape index (κ3) is 4.65. The van der Waals surface area contributed by atoms with Gasteiger partial charge in [0.25, 0.3) is 0 Å². The van der Waals surface area contributed by atoms with Crippen molar-refractivity contribution in [1.82, 2.24) is 15.0 Å². The molecule has 4 nitrogen and oxygen atoms in total. The van der Waals surface area contributed by atoms with Crippen LogP contribution in [-0.2, 0) is 0 Å². The van der Waals surface area contributed by atoms with Crippen LogP contribution in [0.5, 0.6) is 0 Å². The lowest BCUT2D eigenvalue weighted by Crippen LogP contribution is -2.49. The van der Waals surface area contributed by atoms with Gasteiger partial charge in [-0.05, 0) is 66.8 Å². The second kappa shape index (κ2) is 11.7. The zero-order valence-corrected chi connectivity index (χ0v) is 30.8. The molecule has 254 valence electrons. The minimum Gasteiger partial charge on any atom is -0.455 e. The Morgan fingerprint density at radius 2 is 1.04 bits per heavy atom. The molecule has 1 aliphatic rings. The van der Waals surface area contributed by atoms with Gasteiger partial charge in [-0.15, -0.1) is 0 Å². The molecular weight excluding hydrogens is 675 g/mol. The molecule has 2 aromatic heterocycles. The number of hydrogen-bond donors (Lipinski definition) is 0. The molecule has 8 aromatic carbocycles. The van der Waals surface area contributed by atoms with Crippen LogP contribution < -0.4 is 10.4 Å². The van der Waals surface area contributed by atoms with Gasteiger partial charge in [0, 0.05) is 33.0 Å². The fourth-order valence-electron chi connectivity index (χ4n) is 8.58. The highest BCUT2D eigenvalue weighted by Crippen LogP contribution is 2.43. The summed E-state index contributed by atoms with van der Waals surface area (Å²) in [6.07, 6.45) is 0. The van der Waals surface area contributed by atoms with E-state index in [1.807, 2.05) is 12.1 Å². The van der Waals surface area contributed by atoms with Crippen LogP contribution in [0, 0.1) is 0 Å². The molecule has 0 radical (unpaired) electrons. The quantitative estimate of drug-likeness (QED) is 0.135. The highest BCUT2D eigenvalue weighted by molar-refractivity contribution is 7.04. The first kappa shape index (κ1) is 30.9. The molecule has 0 atom stereocenters. The Morgan fingerprint density at radius 1 is 0.426 bits per heavy atom. The second-order valence-electron chi connectivity index (χ2n) is 14.8. The van der Waals surface area contributed by atoms with Gasteiger partial charge in [0.05, 0.1) is 0 Å². The van der Waals surface area contributed by atoms with Crippen molar-refractivity contribution in [1.29, 1.82) is 0 Å². The van der Waals surface area contributed by atoms with Gasteiger partial charge in [0.2, 0.25) is 0 Å². The number of hydrogen-bond acceptors (Lipinski definition) is 4. The third-order valence-corrected chi connectivity index (χ3v) is 14.8. The smallest absolute Gasteiger partial charge is 0.164 e. The topological polar surface area (TPSA) is 51.8 Å². The van der Waals surface area contributed by atoms with E-state index in [9.17, 15) is 0 Å². The summed E-state index contributed by atoms with van der Waals surface area (Å²) in [6.45, 7) is 4.88. The van der Waals surface area contributed by atoms with Crippen LogP contribution in [0.25, 0.3) is 99.9 Å². The number of rotatable bonds is 4. The number of aromatic nitrogens is 3. The maximum Gasteiger partial charge on any atom is 0.164 e. The van der Waals surface area contributed by atoms with E-state index in [2.05, 4.69) is 165 Å². The summed E-state index contributed by atoms with van der Waals surface area (Å²) < 4.78 is 6.83. The van der Waals surface area contributed by atoms with E-state index >= 15 is 0 Å². The van der Waals surface area contributed by atoms with Crippen molar-refractivity contribution in [3.8, 4) is 56.4 Å². The predicted octanol–water partition coefficient (Wildman–Crippen LogP) is 11.5. The molecule has 10 aromatic rings. The molecule has 0 aliphatic carbocycles. The van der Waals surface area contributed by atoms with Crippen molar-refractivity contribution in [3.05, 3.63) is 164 Å². The average Bonchev–Trinajstić information content (AvgIpc) is 3.73. The standard InChI is InChI=1S/C49H33N3OSi/c1-54(2)42-19-11-9-17-39(42)45-43(54)29-40(44-38-16-8-10-18-41(38)53-46(44)45)49-51-47(33-23-20-31(21-24-33)30-12-4-3-5-13-30)50-48(52-49)35-26-27-37-34(28-35)25-22-32-14-6-7-15-36(32)37/h3-29H,1-2H3. The first-order valence-electron chi connectivity index (χ1n) is 18.4. The summed E-state index contributed by atoms with van der Waals surface area (Å²) in [5.74, 6) is 1.91. The van der Waals surface area contributed by atoms with E-state index in [-0.39, 0.29) is 0 Å². The molecule has 0 N–H and O–H groups in total. The van der Waals surface area contributed by atoms with Crippen LogP contribution in [0.15, 0.2) is 168 Å². The number of benzene rings is 8. The van der Waals surface area contributed by atoms with Gasteiger partial charge in [-0.25, -0.2) is 15.0 Å². The van der Waals surface area contributed by atoms with Gasteiger partial charge in [0.15, 0.2) is 17.5 Å². The Balaban J connectivity index is 1.18. The molecule has 0 fully saturated rings. The molecule has 0 saturated carbocycles. The van der Waals surface area contributed by atoms with Crippen LogP contribution in [0.2, 0.25) is 13.1 Å². The Bertz CT molecular complexity index is 3130. The highest BCUT2D eigenvalue weighted by atomic mass is 28.3. The summed E-state index contributed by atoms with van der Waals surface area (Å²) in [4.78, 5) is 15.9. The number of para-hydroxylation sites is 1. The predicted molar refractivity (Wildman–Crippen MR) is 226 cm³/mol. The zero-order chi connectivity index (χ0) is 36.0. The van der Waals surface area contributed by atoms with Crippen molar-refractivity contribution in [2.24, 2.45) is 0 Å². The van der Waals surface area contributed by atoms with E-state index < -0.39 is 8.07 Å². The Hall–Kier alpha value is -6.69. The molecule has 11 rings (SSSR count). The summed E-state index contributed by atoms with van der Waals surface area (Å²) in [5, 5.41) is 9.69. The van der Waals surface area contributed by atoms with Crippen molar-refractivity contribution in [2.45, 2.75) is 13.1 Å². The van der Waals surface area contributed by atoms with Crippen LogP contribution in [0.3, 0.4) is 0 Å². The lowest BCUT2D eigenvalue weighted by Gasteiger charge is -2.19. The first-order valence-corrected chi connectivity index (χ1v) is 21.4. The van der Waals surface area contributed by atoms with Gasteiger partial charge in [-0.1, -0.05) is 159 Å². The van der Waals surface area contributed by atoms with Crippen LogP contribution >= 0.6 is 0 Å². The minimum absolute atomic E-state index is 0.634. The maximum absolute atomic E-state index is 6.83. The van der Waals surface area contributed by atoms with E-state index in [0.717, 1.165) is 49.6 Å². The summed E-state index contributed by atoms with van der Waals surface area (Å²) in [5.41, 5.74) is 9.42. The Morgan fingerprint density at radius 3 is 1.89 bits per heavy atom. The van der Waals surface area contributed by atoms with Crippen LogP contribution in [0.4, 0.5) is 0 Å². The molecule has 0 bridgehead atoms. The largest absolute Gasteiger partial charge is 0.455 e. The zero-order valence-electron chi connectivity index (χ0n) is 29.8. The maximum atomic E-state index is 6.83. The third-order valence-electron chi connectivity index (χ3n) is 11.3. The van der Waals surface area contributed by atoms with Gasteiger partial charge in [0.1, 0.15) is 19.2 Å². The number of fused-ring (bicyclic) bond motifs is 10. The monoisotopic (exact) mass is 707 g/mol. The minimum atomic E-state index is -2.09. The van der Waals surface area contributed by atoms with E-state index in [1.54, 1.807) is 0 Å². The Labute approximate surface area is 313 Å². The van der Waals surface area contributed by atoms with E-state index in [4.69, 9.17) is 19.4 Å². The summed E-state index contributed by atoms with van der Waals surface area (Å²) >= 11 is 0. The molecule has 5 heteroatoms. The normalized spacial score (nSPS) is 13.1. The van der Waals surface area contributed by atoms with Crippen molar-refractivity contribution < 1.29 is 4.42 Å². The second-order valence-corrected chi connectivity index (χ2v) is 19.1. The lowest BCUT2D eigenvalue weighted by atomic mass is 9.98. The number of furan rings is 1. The van der Waals surface area contributed by atoms with E-state index in [0.29, 0.717) is 17.5 Å². The molecule has 3 heterocycles. The van der Waals surface area contributed by atoms with Crippen molar-refractivity contribution >= 4 is 61.9 Å². The first-order chi connectivity index (χ1) is 26.5. The molecule has 0 unspecified atom stereocenters. The van der Waals surface area contributed by atoms with Crippen molar-refractivity contribution in [3.63, 3.8) is 0 Å². The van der Waals surface area contributed by atoms with E-state index in [1.165, 1.54) is 43.2 Å². The SMILES string of the molecule is C[Si]1(C)c2ccccc2-c2c1cc(-c1nc(-c3ccc(-c4ccccc4)cc3)nc(-c3ccc4c(ccc5ccccc54)c3)n1)c1c2oc2ccccc21. The Kier molecular flexibility index (Phi) is 6.67. The van der Waals surface area contributed by atoms with Crippen LogP contribution in [-0.4, -0.2) is 23.0 Å². The average molecular weight is 708 g/mol. The fourth-order valence-corrected chi connectivity index (χ4v) is 11.6. The summed E-state index contributed by atoms with van der Waals surface area (Å²) in [6, 6.07) is 58.0. The lowest BCUT2D eigenvalue weighted by molar-refractivity contribution is 0.670. The summed E-state index contributed by atoms with van der Waals surface area (Å²) in [7, 11) is -2.09. The molecule has 0 saturated heterocycles. The van der Waals surface area contributed by atoms with Gasteiger partial charge < -0.3 is 4.42 Å². The van der Waals surface area contributed by atoms with Crippen LogP contribution in [0.1, 0.15) is 0 Å². The molecule has 54 heavy (non-hydrogen) atoms. The van der Waals surface area contributed by atoms with Gasteiger partial charge >= 0.3 is 0 Å². The van der Waals surface area contributed by atoms with Crippen molar-refractivity contribution in [2.75, 3.05) is 0 Å². The molecule has 1 aliphatic heterocycles. The van der Waals surface area contributed by atoms with Gasteiger partial charge in [-0.3, -0.25) is 0 Å². The molecule has 0 spiro atoms. The molecular formula is C49H33N3OSi.